The van der Waals surface area contributed by atoms with Gasteiger partial charge in [0.25, 0.3) is 0 Å². The largest absolute Gasteiger partial charge is 0.493 e. The number of rotatable bonds is 22. The Kier molecular flexibility index (Phi) is 18.1. The van der Waals surface area contributed by atoms with Crippen molar-refractivity contribution in [2.24, 2.45) is 5.41 Å². The van der Waals surface area contributed by atoms with Crippen LogP contribution in [-0.4, -0.2) is 85.7 Å². The summed E-state index contributed by atoms with van der Waals surface area (Å²) in [6.07, 6.45) is -8.85. The Hall–Kier alpha value is -8.62. The molecule has 0 saturated carbocycles. The minimum absolute atomic E-state index is 0.0575. The van der Waals surface area contributed by atoms with Gasteiger partial charge in [0.15, 0.2) is 47.8 Å². The SMILES string of the molecule is COc1cc(C(=O)Oc2ccc(/C=C/C(=O)C(O)C(Cc3ccc(N)cc3)(Cc3ccc(N)cc3)C(O)C(=O)/C=C/c3ccc(OC(=O)c4ccc(OCC(F)(F)F)c(OC)c4)cc3)cc2)ccc1OCC(F)(F)F. The van der Waals surface area contributed by atoms with Crippen LogP contribution in [0.15, 0.2) is 146 Å². The minimum Gasteiger partial charge on any atom is -0.493 e. The van der Waals surface area contributed by atoms with E-state index in [0.29, 0.717) is 33.6 Å². The van der Waals surface area contributed by atoms with Crippen molar-refractivity contribution in [2.75, 3.05) is 38.9 Å². The van der Waals surface area contributed by atoms with Crippen molar-refractivity contribution >= 4 is 47.0 Å². The summed E-state index contributed by atoms with van der Waals surface area (Å²) in [6.45, 7) is -3.15. The van der Waals surface area contributed by atoms with E-state index in [1.54, 1.807) is 48.5 Å². The standard InChI is InChI=1S/C55H48F6N2O12/c1-70-47-27-37(13-25-45(47)72-31-54(56,57)58)51(68)74-41-19-7-33(8-20-41)11-23-43(64)49(66)53(29-35-3-15-39(62)16-4-35,30-36-5-17-40(63)18-6-36)50(67)44(65)24-12-34-9-21-42(22-10-34)75-52(69)38-14-26-46(48(28-38)71-2)73-32-55(59,60)61/h3-28,49-50,66-67H,29-32,62-63H2,1-2H3/b23-11+,24-12+. The summed E-state index contributed by atoms with van der Waals surface area (Å²) in [5.41, 5.74) is 12.5. The van der Waals surface area contributed by atoms with Gasteiger partial charge in [-0.3, -0.25) is 9.59 Å². The van der Waals surface area contributed by atoms with Crippen LogP contribution in [0.4, 0.5) is 37.7 Å². The fourth-order valence-corrected chi connectivity index (χ4v) is 7.51. The molecule has 0 fully saturated rings. The molecule has 6 aromatic carbocycles. The number of hydrogen-bond acceptors (Lipinski definition) is 14. The fraction of sp³-hybridized carbons (Fsp3) is 0.200. The van der Waals surface area contributed by atoms with Gasteiger partial charge in [-0.25, -0.2) is 9.59 Å². The lowest BCUT2D eigenvalue weighted by atomic mass is 9.66. The number of esters is 2. The maximum Gasteiger partial charge on any atom is 0.422 e. The van der Waals surface area contributed by atoms with Crippen LogP contribution >= 0.6 is 0 Å². The Morgan fingerprint density at radius 2 is 0.853 bits per heavy atom. The van der Waals surface area contributed by atoms with Crippen LogP contribution in [0.5, 0.6) is 34.5 Å². The van der Waals surface area contributed by atoms with E-state index in [-0.39, 0.29) is 58.5 Å². The van der Waals surface area contributed by atoms with Crippen LogP contribution in [0.1, 0.15) is 43.0 Å². The van der Waals surface area contributed by atoms with Gasteiger partial charge in [0.05, 0.1) is 25.3 Å². The first-order valence-electron chi connectivity index (χ1n) is 22.4. The highest BCUT2D eigenvalue weighted by Gasteiger charge is 2.49. The summed E-state index contributed by atoms with van der Waals surface area (Å²) >= 11 is 0. The third-order valence-electron chi connectivity index (χ3n) is 11.3. The molecule has 0 bridgehead atoms. The number of aliphatic hydroxyl groups is 2. The molecule has 0 radical (unpaired) electrons. The topological polar surface area (TPSA) is 216 Å². The molecular weight excluding hydrogens is 995 g/mol. The minimum atomic E-state index is -4.60. The monoisotopic (exact) mass is 1040 g/mol. The zero-order valence-electron chi connectivity index (χ0n) is 39.9. The van der Waals surface area contributed by atoms with Crippen molar-refractivity contribution < 1.29 is 84.2 Å². The van der Waals surface area contributed by atoms with Crippen LogP contribution in [-0.2, 0) is 22.4 Å². The molecule has 2 unspecified atom stereocenters. The molecule has 2 atom stereocenters. The van der Waals surface area contributed by atoms with Crippen molar-refractivity contribution in [1.29, 1.82) is 0 Å². The maximum absolute atomic E-state index is 14.2. The highest BCUT2D eigenvalue weighted by molar-refractivity contribution is 6.01. The number of ether oxygens (including phenoxy) is 6. The predicted molar refractivity (Wildman–Crippen MR) is 264 cm³/mol. The van der Waals surface area contributed by atoms with Gasteiger partial charge in [-0.15, -0.1) is 0 Å². The summed E-state index contributed by atoms with van der Waals surface area (Å²) in [7, 11) is 2.38. The maximum atomic E-state index is 14.2. The molecule has 0 heterocycles. The Morgan fingerprint density at radius 3 is 1.17 bits per heavy atom. The van der Waals surface area contributed by atoms with E-state index in [2.05, 4.69) is 0 Å². The predicted octanol–water partition coefficient (Wildman–Crippen LogP) is 9.25. The highest BCUT2D eigenvalue weighted by Crippen LogP contribution is 2.39. The van der Waals surface area contributed by atoms with Crippen molar-refractivity contribution in [3.63, 3.8) is 0 Å². The molecule has 0 amide bonds. The van der Waals surface area contributed by atoms with Gasteiger partial charge in [-0.05, 0) is 132 Å². The van der Waals surface area contributed by atoms with Gasteiger partial charge in [0.1, 0.15) is 23.7 Å². The first kappa shape index (κ1) is 55.7. The number of carbonyl (C=O) groups excluding carboxylic acids is 4. The molecule has 0 aliphatic heterocycles. The zero-order chi connectivity index (χ0) is 54.5. The first-order valence-corrected chi connectivity index (χ1v) is 22.4. The van der Waals surface area contributed by atoms with Gasteiger partial charge in [0.2, 0.25) is 0 Å². The summed E-state index contributed by atoms with van der Waals surface area (Å²) in [6, 6.07) is 31.4. The molecule has 75 heavy (non-hydrogen) atoms. The summed E-state index contributed by atoms with van der Waals surface area (Å²) < 4.78 is 107. The number of nitrogens with two attached hydrogens (primary N) is 2. The number of hydrogen-bond donors (Lipinski definition) is 4. The van der Waals surface area contributed by atoms with Crippen LogP contribution in [0.3, 0.4) is 0 Å². The Labute approximate surface area is 425 Å². The summed E-state index contributed by atoms with van der Waals surface area (Å²) in [4.78, 5) is 54.2. The number of ketones is 2. The number of anilines is 2. The van der Waals surface area contributed by atoms with Gasteiger partial charge in [-0.2, -0.15) is 26.3 Å². The molecule has 0 spiro atoms. The van der Waals surface area contributed by atoms with Gasteiger partial charge in [0, 0.05) is 16.8 Å². The Morgan fingerprint density at radius 1 is 0.507 bits per heavy atom. The molecule has 0 aromatic heterocycles. The smallest absolute Gasteiger partial charge is 0.422 e. The van der Waals surface area contributed by atoms with E-state index in [9.17, 15) is 55.7 Å². The molecule has 14 nitrogen and oxygen atoms in total. The second-order valence-corrected chi connectivity index (χ2v) is 16.8. The third kappa shape index (κ3) is 15.7. The molecule has 20 heteroatoms. The zero-order valence-corrected chi connectivity index (χ0v) is 39.9. The van der Waals surface area contributed by atoms with Crippen LogP contribution in [0, 0.1) is 5.41 Å². The summed E-state index contributed by atoms with van der Waals surface area (Å²) in [5.74, 6) is -4.16. The van der Waals surface area contributed by atoms with Crippen molar-refractivity contribution in [1.82, 2.24) is 0 Å². The molecule has 0 aliphatic carbocycles. The lowest BCUT2D eigenvalue weighted by molar-refractivity contribution is -0.154. The van der Waals surface area contributed by atoms with Crippen molar-refractivity contribution in [3.8, 4) is 34.5 Å². The van der Waals surface area contributed by atoms with Crippen LogP contribution < -0.4 is 39.9 Å². The van der Waals surface area contributed by atoms with Crippen LogP contribution in [0.25, 0.3) is 12.2 Å². The van der Waals surface area contributed by atoms with E-state index in [0.717, 1.165) is 36.4 Å². The number of methoxy groups -OCH3 is 2. The second kappa shape index (κ2) is 24.4. The number of aliphatic hydroxyl groups excluding tert-OH is 2. The molecule has 392 valence electrons. The normalized spacial score (nSPS) is 12.7. The molecule has 6 aromatic rings. The average molecular weight is 1040 g/mol. The molecule has 6 rings (SSSR count). The number of carbonyl (C=O) groups is 4. The third-order valence-corrected chi connectivity index (χ3v) is 11.3. The van der Waals surface area contributed by atoms with Crippen LogP contribution in [0.2, 0.25) is 0 Å². The summed E-state index contributed by atoms with van der Waals surface area (Å²) in [5, 5.41) is 24.4. The van der Waals surface area contributed by atoms with E-state index in [1.807, 2.05) is 0 Å². The molecule has 6 N–H and O–H groups in total. The van der Waals surface area contributed by atoms with Gasteiger partial charge < -0.3 is 50.1 Å². The number of halogens is 6. The van der Waals surface area contributed by atoms with E-state index < -0.39 is 66.7 Å². The van der Waals surface area contributed by atoms with Gasteiger partial charge in [-0.1, -0.05) is 60.7 Å². The van der Waals surface area contributed by atoms with Gasteiger partial charge >= 0.3 is 24.3 Å². The molecular formula is C55H48F6N2O12. The quantitative estimate of drug-likeness (QED) is 0.0164. The number of nitrogen functional groups attached to an aromatic ring is 2. The first-order chi connectivity index (χ1) is 35.5. The number of alkyl halides is 6. The Bertz CT molecular complexity index is 2810. The highest BCUT2D eigenvalue weighted by atomic mass is 19.4. The molecule has 0 aliphatic rings. The molecule has 0 saturated heterocycles. The lowest BCUT2D eigenvalue weighted by Crippen LogP contribution is -2.54. The average Bonchev–Trinajstić information content (AvgIpc) is 3.39. The number of benzene rings is 6. The van der Waals surface area contributed by atoms with Crippen molar-refractivity contribution in [2.45, 2.75) is 37.4 Å². The second-order valence-electron chi connectivity index (χ2n) is 16.8. The van der Waals surface area contributed by atoms with E-state index >= 15 is 0 Å². The van der Waals surface area contributed by atoms with E-state index in [1.165, 1.54) is 87.0 Å². The lowest BCUT2D eigenvalue weighted by Gasteiger charge is -2.40. The fourth-order valence-electron chi connectivity index (χ4n) is 7.51. The Balaban J connectivity index is 1.20. The van der Waals surface area contributed by atoms with E-state index in [4.69, 9.17) is 39.9 Å². The van der Waals surface area contributed by atoms with Crippen molar-refractivity contribution in [3.05, 3.63) is 179 Å².